The molecule has 0 unspecified atom stereocenters. The molecule has 2 aliphatic heterocycles. The van der Waals surface area contributed by atoms with E-state index in [0.29, 0.717) is 24.1 Å². The Kier molecular flexibility index (Phi) is 5.39. The fourth-order valence-electron chi connectivity index (χ4n) is 4.89. The topological polar surface area (TPSA) is 128 Å². The van der Waals surface area contributed by atoms with E-state index in [1.54, 1.807) is 6.20 Å². The molecule has 0 spiro atoms. The highest BCUT2D eigenvalue weighted by Gasteiger charge is 2.35. The third-order valence-corrected chi connectivity index (χ3v) is 6.80. The zero-order valence-electron chi connectivity index (χ0n) is 18.8. The molecule has 2 atom stereocenters. The summed E-state index contributed by atoms with van der Waals surface area (Å²) in [6.07, 6.45) is 6.42. The molecule has 11 heteroatoms. The molecule has 5 heterocycles. The van der Waals surface area contributed by atoms with Crippen molar-refractivity contribution in [2.24, 2.45) is 5.92 Å². The number of H-pyrrole nitrogens is 1. The summed E-state index contributed by atoms with van der Waals surface area (Å²) in [5, 5.41) is 11.2. The number of rotatable bonds is 2. The molecular formula is C22H28N8O3. The van der Waals surface area contributed by atoms with Crippen LogP contribution in [0.4, 0.5) is 10.6 Å². The summed E-state index contributed by atoms with van der Waals surface area (Å²) >= 11 is 0. The zero-order chi connectivity index (χ0) is 23.1. The lowest BCUT2D eigenvalue weighted by Gasteiger charge is -2.39. The molecule has 2 saturated heterocycles. The van der Waals surface area contributed by atoms with Crippen LogP contribution in [0, 0.1) is 5.92 Å². The predicted octanol–water partition coefficient (Wildman–Crippen LogP) is 1.70. The summed E-state index contributed by atoms with van der Waals surface area (Å²) in [4.78, 5) is 48.6. The average molecular weight is 453 g/mol. The van der Waals surface area contributed by atoms with Crippen LogP contribution in [0.2, 0.25) is 0 Å². The number of carbonyl (C=O) groups excluding carboxylic acids is 3. The van der Waals surface area contributed by atoms with Gasteiger partial charge in [0.25, 0.3) is 0 Å². The number of fused-ring (bicyclic) bond motifs is 3. The molecule has 4 amide bonds. The lowest BCUT2D eigenvalue weighted by molar-refractivity contribution is -0.135. The van der Waals surface area contributed by atoms with Gasteiger partial charge in [0.1, 0.15) is 5.65 Å². The fourth-order valence-corrected chi connectivity index (χ4v) is 4.89. The molecule has 0 aromatic carbocycles. The van der Waals surface area contributed by atoms with Crippen molar-refractivity contribution in [1.29, 1.82) is 0 Å². The van der Waals surface area contributed by atoms with E-state index in [0.717, 1.165) is 43.3 Å². The molecule has 0 radical (unpaired) electrons. The van der Waals surface area contributed by atoms with Crippen molar-refractivity contribution in [3.8, 4) is 0 Å². The number of likely N-dealkylation sites (N-methyl/N-ethyl adjacent to an activating group) is 1. The zero-order valence-corrected chi connectivity index (χ0v) is 18.8. The number of piperidine rings is 1. The number of hydrogen-bond donors (Lipinski definition) is 3. The summed E-state index contributed by atoms with van der Waals surface area (Å²) < 4.78 is 1.90. The first-order valence-corrected chi connectivity index (χ1v) is 11.4. The molecule has 174 valence electrons. The maximum atomic E-state index is 13.1. The SMILES string of the molecule is CNC(=O)C(=O)Nc1nn([C@H]2CN(C(=O)N3CCCC3)CC[C@H]2C)c2c1cnc1[nH]ccc12. The number of likely N-dealkylation sites (tertiary alicyclic amines) is 2. The number of amides is 4. The molecule has 0 aliphatic carbocycles. The quantitative estimate of drug-likeness (QED) is 0.510. The van der Waals surface area contributed by atoms with Gasteiger partial charge in [0.05, 0.1) is 16.9 Å². The van der Waals surface area contributed by atoms with Crippen LogP contribution in [0.15, 0.2) is 18.5 Å². The van der Waals surface area contributed by atoms with E-state index in [4.69, 9.17) is 5.10 Å². The Balaban J connectivity index is 1.55. The number of pyridine rings is 1. The second-order valence-corrected chi connectivity index (χ2v) is 8.84. The summed E-state index contributed by atoms with van der Waals surface area (Å²) in [6.45, 7) is 5.03. The molecule has 0 saturated carbocycles. The minimum Gasteiger partial charge on any atom is -0.351 e. The van der Waals surface area contributed by atoms with Crippen LogP contribution in [-0.2, 0) is 9.59 Å². The maximum absolute atomic E-state index is 13.1. The van der Waals surface area contributed by atoms with Crippen LogP contribution in [0.25, 0.3) is 21.9 Å². The van der Waals surface area contributed by atoms with Gasteiger partial charge in [-0.2, -0.15) is 5.10 Å². The van der Waals surface area contributed by atoms with Crippen LogP contribution in [0.1, 0.15) is 32.2 Å². The number of nitrogens with zero attached hydrogens (tertiary/aromatic N) is 5. The highest BCUT2D eigenvalue weighted by molar-refractivity contribution is 6.40. The monoisotopic (exact) mass is 452 g/mol. The summed E-state index contributed by atoms with van der Waals surface area (Å²) in [5.41, 5.74) is 1.53. The van der Waals surface area contributed by atoms with Crippen molar-refractivity contribution in [2.75, 3.05) is 38.5 Å². The molecule has 33 heavy (non-hydrogen) atoms. The van der Waals surface area contributed by atoms with E-state index in [9.17, 15) is 14.4 Å². The van der Waals surface area contributed by atoms with Crippen molar-refractivity contribution >= 4 is 45.6 Å². The standard InChI is InChI=1S/C22H28N8O3/c1-13-6-10-29(22(33)28-8-3-4-9-28)12-16(13)30-17-14-5-7-24-18(14)25-11-15(17)19(27-30)26-21(32)20(31)23-2/h5,7,11,13,16H,3-4,6,8-10,12H2,1-2H3,(H,23,31)(H,24,25)(H,26,27,32)/t13-,16+/m1/s1. The first kappa shape index (κ1) is 21.2. The van der Waals surface area contributed by atoms with Crippen LogP contribution in [0.3, 0.4) is 0 Å². The Labute approximate surface area is 190 Å². The lowest BCUT2D eigenvalue weighted by atomic mass is 9.93. The number of hydrogen-bond acceptors (Lipinski definition) is 5. The summed E-state index contributed by atoms with van der Waals surface area (Å²) in [7, 11) is 1.40. The minimum atomic E-state index is -0.791. The van der Waals surface area contributed by atoms with Gasteiger partial charge in [0.2, 0.25) is 0 Å². The van der Waals surface area contributed by atoms with Gasteiger partial charge in [-0.3, -0.25) is 14.3 Å². The second kappa shape index (κ2) is 8.38. The molecule has 2 fully saturated rings. The van der Waals surface area contributed by atoms with E-state index in [1.165, 1.54) is 7.05 Å². The number of aromatic nitrogens is 4. The first-order chi connectivity index (χ1) is 16.0. The van der Waals surface area contributed by atoms with Crippen molar-refractivity contribution in [1.82, 2.24) is 34.9 Å². The summed E-state index contributed by atoms with van der Waals surface area (Å²) in [6, 6.07) is 1.93. The van der Waals surface area contributed by atoms with Gasteiger partial charge in [-0.25, -0.2) is 9.78 Å². The van der Waals surface area contributed by atoms with Crippen molar-refractivity contribution in [3.05, 3.63) is 18.5 Å². The van der Waals surface area contributed by atoms with Crippen molar-refractivity contribution in [2.45, 2.75) is 32.2 Å². The van der Waals surface area contributed by atoms with Gasteiger partial charge in [-0.15, -0.1) is 0 Å². The molecule has 3 aromatic heterocycles. The van der Waals surface area contributed by atoms with Gasteiger partial charge >= 0.3 is 17.8 Å². The highest BCUT2D eigenvalue weighted by atomic mass is 16.2. The number of urea groups is 1. The van der Waals surface area contributed by atoms with Crippen LogP contribution in [-0.4, -0.2) is 80.6 Å². The van der Waals surface area contributed by atoms with Gasteiger partial charge < -0.3 is 25.4 Å². The Morgan fingerprint density at radius 3 is 2.64 bits per heavy atom. The number of aromatic amines is 1. The second-order valence-electron chi connectivity index (χ2n) is 8.84. The Morgan fingerprint density at radius 1 is 1.09 bits per heavy atom. The maximum Gasteiger partial charge on any atom is 0.320 e. The molecular weight excluding hydrogens is 424 g/mol. The lowest BCUT2D eigenvalue weighted by Crippen LogP contribution is -2.49. The van der Waals surface area contributed by atoms with Gasteiger partial charge in [0, 0.05) is 51.0 Å². The molecule has 5 rings (SSSR count). The summed E-state index contributed by atoms with van der Waals surface area (Å²) in [5.74, 6) is -0.993. The van der Waals surface area contributed by atoms with E-state index in [-0.39, 0.29) is 23.8 Å². The molecule has 3 N–H and O–H groups in total. The van der Waals surface area contributed by atoms with E-state index in [1.807, 2.05) is 26.7 Å². The van der Waals surface area contributed by atoms with Crippen LogP contribution in [0.5, 0.6) is 0 Å². The molecule has 0 bridgehead atoms. The van der Waals surface area contributed by atoms with Crippen molar-refractivity contribution in [3.63, 3.8) is 0 Å². The number of anilines is 1. The van der Waals surface area contributed by atoms with Gasteiger partial charge in [0.15, 0.2) is 5.82 Å². The first-order valence-electron chi connectivity index (χ1n) is 11.4. The highest BCUT2D eigenvalue weighted by Crippen LogP contribution is 2.36. The predicted molar refractivity (Wildman–Crippen MR) is 123 cm³/mol. The average Bonchev–Trinajstić information content (AvgIpc) is 3.58. The molecule has 2 aliphatic rings. The molecule has 3 aromatic rings. The van der Waals surface area contributed by atoms with Gasteiger partial charge in [-0.1, -0.05) is 6.92 Å². The normalized spacial score (nSPS) is 21.0. The number of nitrogens with one attached hydrogen (secondary N) is 3. The third-order valence-electron chi connectivity index (χ3n) is 6.80. The third kappa shape index (κ3) is 3.66. The van der Waals surface area contributed by atoms with Crippen LogP contribution < -0.4 is 10.6 Å². The van der Waals surface area contributed by atoms with Crippen LogP contribution >= 0.6 is 0 Å². The Bertz CT molecular complexity index is 1230. The number of carbonyl (C=O) groups is 3. The largest absolute Gasteiger partial charge is 0.351 e. The fraction of sp³-hybridized carbons (Fsp3) is 0.500. The Morgan fingerprint density at radius 2 is 1.88 bits per heavy atom. The van der Waals surface area contributed by atoms with E-state index in [2.05, 4.69) is 27.5 Å². The Hall–Kier alpha value is -3.63. The van der Waals surface area contributed by atoms with E-state index < -0.39 is 11.8 Å². The molecule has 11 nitrogen and oxygen atoms in total. The minimum absolute atomic E-state index is 0.0843. The smallest absolute Gasteiger partial charge is 0.320 e. The van der Waals surface area contributed by atoms with Gasteiger partial charge in [-0.05, 0) is 31.2 Å². The van der Waals surface area contributed by atoms with E-state index >= 15 is 0 Å². The van der Waals surface area contributed by atoms with Crippen molar-refractivity contribution < 1.29 is 14.4 Å².